The number of carbonyl (C=O) groups excluding carboxylic acids is 1. The van der Waals surface area contributed by atoms with E-state index in [0.29, 0.717) is 31.7 Å². The standard InChI is InChI=1S/C17H14N6.C17H14N2O2/c1-22-8-13(7-19-22)17-15-10-23(11-18)9-14(15)16(20-21-17)12-5-3-2-4-6-12;1-21-17(20)13-7-14-9-19(11-18)10-16(14)15(8-13)12-5-3-2-4-6-12/h2-8H,9-10H2,1H3;2-8H,9-10H2,1H3. The molecule has 0 N–H and O–H groups in total. The number of nitriles is 2. The third-order valence-corrected chi connectivity index (χ3v) is 7.75. The molecule has 2 aliphatic rings. The molecule has 3 aromatic carbocycles. The van der Waals surface area contributed by atoms with Gasteiger partial charge >= 0.3 is 5.97 Å². The van der Waals surface area contributed by atoms with Crippen LogP contribution >= 0.6 is 0 Å². The predicted molar refractivity (Wildman–Crippen MR) is 163 cm³/mol. The maximum atomic E-state index is 11.8. The van der Waals surface area contributed by atoms with Crippen LogP contribution in [0, 0.1) is 22.9 Å². The average molecular weight is 581 g/mol. The van der Waals surface area contributed by atoms with Crippen molar-refractivity contribution in [3.63, 3.8) is 0 Å². The molecule has 0 spiro atoms. The number of methoxy groups -OCH3 is 1. The number of esters is 1. The molecular formula is C34H28N8O2. The molecule has 216 valence electrons. The fourth-order valence-electron chi connectivity index (χ4n) is 5.65. The summed E-state index contributed by atoms with van der Waals surface area (Å²) in [5.74, 6) is -0.356. The average Bonchev–Trinajstić information content (AvgIpc) is 3.82. The van der Waals surface area contributed by atoms with Crippen molar-refractivity contribution in [3.8, 4) is 46.0 Å². The summed E-state index contributed by atoms with van der Waals surface area (Å²) in [6, 6.07) is 23.5. The number of aromatic nitrogens is 4. The molecule has 44 heavy (non-hydrogen) atoms. The lowest BCUT2D eigenvalue weighted by Crippen LogP contribution is -2.07. The highest BCUT2D eigenvalue weighted by Crippen LogP contribution is 2.36. The number of benzene rings is 3. The van der Waals surface area contributed by atoms with Crippen LogP contribution in [-0.2, 0) is 38.0 Å². The first kappa shape index (κ1) is 28.1. The van der Waals surface area contributed by atoms with E-state index >= 15 is 0 Å². The minimum Gasteiger partial charge on any atom is -0.465 e. The monoisotopic (exact) mass is 580 g/mol. The maximum Gasteiger partial charge on any atom is 0.337 e. The van der Waals surface area contributed by atoms with Crippen molar-refractivity contribution >= 4 is 5.97 Å². The summed E-state index contributed by atoms with van der Waals surface area (Å²) in [7, 11) is 3.25. The summed E-state index contributed by atoms with van der Waals surface area (Å²) in [5.41, 5.74) is 10.4. The summed E-state index contributed by atoms with van der Waals surface area (Å²) >= 11 is 0. The minimum absolute atomic E-state index is 0.356. The van der Waals surface area contributed by atoms with Gasteiger partial charge in [0.25, 0.3) is 0 Å². The second kappa shape index (κ2) is 12.1. The number of rotatable bonds is 4. The smallest absolute Gasteiger partial charge is 0.337 e. The Bertz CT molecular complexity index is 1920. The van der Waals surface area contributed by atoms with Crippen molar-refractivity contribution in [2.24, 2.45) is 7.05 Å². The number of nitrogens with zero attached hydrogens (tertiary/aromatic N) is 8. The Morgan fingerprint density at radius 2 is 1.34 bits per heavy atom. The molecule has 0 aliphatic carbocycles. The first-order valence-electron chi connectivity index (χ1n) is 14.0. The first-order chi connectivity index (χ1) is 21.5. The molecule has 5 aromatic rings. The zero-order chi connectivity index (χ0) is 30.6. The number of ether oxygens (including phenoxy) is 1. The molecule has 2 aliphatic heterocycles. The summed E-state index contributed by atoms with van der Waals surface area (Å²) in [6.07, 6.45) is 8.10. The van der Waals surface area contributed by atoms with Crippen molar-refractivity contribution < 1.29 is 9.53 Å². The molecule has 0 amide bonds. The lowest BCUT2D eigenvalue weighted by molar-refractivity contribution is 0.0600. The van der Waals surface area contributed by atoms with Crippen LogP contribution in [0.4, 0.5) is 0 Å². The molecule has 0 radical (unpaired) electrons. The molecular weight excluding hydrogens is 552 g/mol. The number of aryl methyl sites for hydroxylation is 1. The minimum atomic E-state index is -0.356. The molecule has 0 bridgehead atoms. The molecule has 0 unspecified atom stereocenters. The predicted octanol–water partition coefficient (Wildman–Crippen LogP) is 5.28. The van der Waals surface area contributed by atoms with Crippen LogP contribution in [0.15, 0.2) is 85.2 Å². The molecule has 10 heteroatoms. The summed E-state index contributed by atoms with van der Waals surface area (Å²) in [5, 5.41) is 31.5. The van der Waals surface area contributed by atoms with Gasteiger partial charge in [-0.3, -0.25) is 4.68 Å². The van der Waals surface area contributed by atoms with Crippen LogP contribution in [0.3, 0.4) is 0 Å². The molecule has 0 saturated heterocycles. The van der Waals surface area contributed by atoms with Crippen LogP contribution < -0.4 is 0 Å². The molecule has 2 aromatic heterocycles. The van der Waals surface area contributed by atoms with Crippen molar-refractivity contribution in [3.05, 3.63) is 113 Å². The maximum absolute atomic E-state index is 11.8. The van der Waals surface area contributed by atoms with Crippen LogP contribution in [0.2, 0.25) is 0 Å². The second-order valence-electron chi connectivity index (χ2n) is 10.6. The number of fused-ring (bicyclic) bond motifs is 2. The van der Waals surface area contributed by atoms with E-state index in [0.717, 1.165) is 55.9 Å². The lowest BCUT2D eigenvalue weighted by atomic mass is 9.94. The highest BCUT2D eigenvalue weighted by atomic mass is 16.5. The van der Waals surface area contributed by atoms with Crippen molar-refractivity contribution in [1.29, 1.82) is 10.5 Å². The van der Waals surface area contributed by atoms with Crippen molar-refractivity contribution in [2.75, 3.05) is 7.11 Å². The van der Waals surface area contributed by atoms with Gasteiger partial charge in [0.2, 0.25) is 0 Å². The van der Waals surface area contributed by atoms with E-state index < -0.39 is 0 Å². The van der Waals surface area contributed by atoms with E-state index in [4.69, 9.17) is 10.00 Å². The van der Waals surface area contributed by atoms with Gasteiger partial charge < -0.3 is 14.5 Å². The van der Waals surface area contributed by atoms with Gasteiger partial charge in [-0.15, -0.1) is 10.2 Å². The molecule has 10 nitrogen and oxygen atoms in total. The number of carbonyl (C=O) groups is 1. The zero-order valence-electron chi connectivity index (χ0n) is 24.3. The van der Waals surface area contributed by atoms with E-state index in [2.05, 4.69) is 27.7 Å². The zero-order valence-corrected chi connectivity index (χ0v) is 24.3. The van der Waals surface area contributed by atoms with E-state index in [1.807, 2.05) is 86.0 Å². The topological polar surface area (TPSA) is 124 Å². The molecule has 0 fully saturated rings. The fraction of sp³-hybridized carbons (Fsp3) is 0.176. The third kappa shape index (κ3) is 5.44. The summed E-state index contributed by atoms with van der Waals surface area (Å²) in [6.45, 7) is 2.25. The van der Waals surface area contributed by atoms with Gasteiger partial charge in [-0.1, -0.05) is 60.7 Å². The van der Waals surface area contributed by atoms with Gasteiger partial charge in [-0.25, -0.2) is 4.79 Å². The van der Waals surface area contributed by atoms with Gasteiger partial charge in [0.05, 0.1) is 50.7 Å². The van der Waals surface area contributed by atoms with E-state index in [1.54, 1.807) is 20.7 Å². The SMILES string of the molecule is COC(=O)c1cc2c(c(-c3ccccc3)c1)CN(C#N)C2.Cn1cc(-c2nnc(-c3ccccc3)c3c2CN(C#N)C3)cn1. The molecule has 4 heterocycles. The van der Waals surface area contributed by atoms with Gasteiger partial charge in [0, 0.05) is 35.5 Å². The van der Waals surface area contributed by atoms with Crippen LogP contribution in [-0.4, -0.2) is 42.9 Å². The van der Waals surface area contributed by atoms with E-state index in [1.165, 1.54) is 7.11 Å². The van der Waals surface area contributed by atoms with Gasteiger partial charge in [-0.2, -0.15) is 15.6 Å². The fourth-order valence-corrected chi connectivity index (χ4v) is 5.65. The van der Waals surface area contributed by atoms with Gasteiger partial charge in [-0.05, 0) is 34.4 Å². The van der Waals surface area contributed by atoms with Crippen LogP contribution in [0.5, 0.6) is 0 Å². The number of hydrogen-bond donors (Lipinski definition) is 0. The Kier molecular flexibility index (Phi) is 7.73. The molecule has 7 rings (SSSR count). The Labute approximate surface area is 255 Å². The summed E-state index contributed by atoms with van der Waals surface area (Å²) in [4.78, 5) is 15.2. The number of hydrogen-bond acceptors (Lipinski definition) is 9. The second-order valence-corrected chi connectivity index (χ2v) is 10.6. The first-order valence-corrected chi connectivity index (χ1v) is 14.0. The van der Waals surface area contributed by atoms with Crippen molar-refractivity contribution in [1.82, 2.24) is 29.8 Å². The highest BCUT2D eigenvalue weighted by molar-refractivity contribution is 5.92. The van der Waals surface area contributed by atoms with Gasteiger partial charge in [0.1, 0.15) is 5.69 Å². The van der Waals surface area contributed by atoms with Gasteiger partial charge in [0.15, 0.2) is 12.4 Å². The Balaban J connectivity index is 0.000000157. The van der Waals surface area contributed by atoms with Crippen molar-refractivity contribution in [2.45, 2.75) is 26.2 Å². The quantitative estimate of drug-likeness (QED) is 0.206. The molecule has 0 atom stereocenters. The Morgan fingerprint density at radius 3 is 1.91 bits per heavy atom. The van der Waals surface area contributed by atoms with Crippen LogP contribution in [0.1, 0.15) is 32.6 Å². The van der Waals surface area contributed by atoms with E-state index in [-0.39, 0.29) is 5.97 Å². The Hall–Kier alpha value is -6.00. The molecule has 0 saturated carbocycles. The van der Waals surface area contributed by atoms with E-state index in [9.17, 15) is 10.1 Å². The van der Waals surface area contributed by atoms with Crippen LogP contribution in [0.25, 0.3) is 33.6 Å². The lowest BCUT2D eigenvalue weighted by Gasteiger charge is -2.10. The largest absolute Gasteiger partial charge is 0.465 e. The normalized spacial score (nSPS) is 12.8. The highest BCUT2D eigenvalue weighted by Gasteiger charge is 2.28. The summed E-state index contributed by atoms with van der Waals surface area (Å²) < 4.78 is 6.56. The Morgan fingerprint density at radius 1 is 0.773 bits per heavy atom. The third-order valence-electron chi connectivity index (χ3n) is 7.75.